The van der Waals surface area contributed by atoms with Crippen molar-refractivity contribution in [1.29, 1.82) is 0 Å². The van der Waals surface area contributed by atoms with Crippen LogP contribution >= 0.6 is 11.3 Å². The summed E-state index contributed by atoms with van der Waals surface area (Å²) in [6, 6.07) is 0. The van der Waals surface area contributed by atoms with Gasteiger partial charge in [-0.25, -0.2) is 4.98 Å². The minimum atomic E-state index is 0.815. The minimum absolute atomic E-state index is 0.815. The van der Waals surface area contributed by atoms with Crippen LogP contribution in [0.3, 0.4) is 0 Å². The van der Waals surface area contributed by atoms with Crippen molar-refractivity contribution in [3.05, 3.63) is 24.0 Å². The van der Waals surface area contributed by atoms with Crippen LogP contribution in [0.4, 0.5) is 0 Å². The van der Waals surface area contributed by atoms with Gasteiger partial charge in [0.2, 0.25) is 0 Å². The van der Waals surface area contributed by atoms with Crippen molar-refractivity contribution in [2.24, 2.45) is 0 Å². The minimum Gasteiger partial charge on any atom is -0.363 e. The Bertz CT molecular complexity index is 255. The van der Waals surface area contributed by atoms with Crippen LogP contribution in [0.25, 0.3) is 10.6 Å². The summed E-state index contributed by atoms with van der Waals surface area (Å²) in [7, 11) is 0. The van der Waals surface area contributed by atoms with Crippen LogP contribution in [0.2, 0.25) is 0 Å². The molecule has 0 unspecified atom stereocenters. The first-order valence-corrected chi connectivity index (χ1v) is 3.57. The van der Waals surface area contributed by atoms with Gasteiger partial charge in [-0.3, -0.25) is 0 Å². The summed E-state index contributed by atoms with van der Waals surface area (Å²) in [5.74, 6) is 0. The largest absolute Gasteiger partial charge is 0.363 e. The second-order valence-electron chi connectivity index (χ2n) is 1.68. The molecular weight excluding hydrogens is 148 g/mol. The Morgan fingerprint density at radius 3 is 3.20 bits per heavy atom. The molecule has 0 aliphatic carbocycles. The summed E-state index contributed by atoms with van der Waals surface area (Å²) in [6.45, 7) is 0. The molecule has 2 aromatic heterocycles. The number of hydrogen-bond donors (Lipinski definition) is 0. The van der Waals surface area contributed by atoms with E-state index in [0.29, 0.717) is 0 Å². The van der Waals surface area contributed by atoms with Gasteiger partial charge in [0, 0.05) is 11.6 Å². The molecule has 0 fully saturated rings. The predicted octanol–water partition coefficient (Wildman–Crippen LogP) is 1.60. The lowest BCUT2D eigenvalue weighted by Crippen LogP contribution is -1.67. The van der Waals surface area contributed by atoms with Crippen LogP contribution in [0.5, 0.6) is 0 Å². The lowest BCUT2D eigenvalue weighted by atomic mass is 10.4. The quantitative estimate of drug-likeness (QED) is 0.621. The van der Waals surface area contributed by atoms with Crippen LogP contribution in [-0.2, 0) is 0 Å². The van der Waals surface area contributed by atoms with Gasteiger partial charge in [-0.2, -0.15) is 0 Å². The van der Waals surface area contributed by atoms with Crippen molar-refractivity contribution in [2.45, 2.75) is 0 Å². The first-order valence-electron chi connectivity index (χ1n) is 2.69. The molecule has 49 valence electrons. The molecule has 0 atom stereocenters. The van der Waals surface area contributed by atoms with Crippen molar-refractivity contribution in [3.63, 3.8) is 0 Å². The fourth-order valence-electron chi connectivity index (χ4n) is 0.636. The Balaban J connectivity index is 2.48. The Morgan fingerprint density at radius 2 is 2.60 bits per heavy atom. The standard InChI is InChI=1S/C6H3N2OS/c1-2-10-6(7-1)5-3-8-9-4-5/h1-2,4H. The van der Waals surface area contributed by atoms with Gasteiger partial charge in [-0.15, -0.1) is 11.3 Å². The first kappa shape index (κ1) is 5.61. The van der Waals surface area contributed by atoms with Gasteiger partial charge >= 0.3 is 0 Å². The van der Waals surface area contributed by atoms with E-state index >= 15 is 0 Å². The molecule has 3 nitrogen and oxygen atoms in total. The van der Waals surface area contributed by atoms with Crippen LogP contribution in [0.15, 0.2) is 22.4 Å². The van der Waals surface area contributed by atoms with Gasteiger partial charge in [0.1, 0.15) is 17.5 Å². The average Bonchev–Trinajstić information content (AvgIpc) is 2.59. The van der Waals surface area contributed by atoms with Gasteiger partial charge < -0.3 is 4.52 Å². The zero-order chi connectivity index (χ0) is 6.81. The number of nitrogens with zero attached hydrogens (tertiary/aromatic N) is 2. The molecule has 0 saturated carbocycles. The molecule has 2 heterocycles. The van der Waals surface area contributed by atoms with Crippen molar-refractivity contribution < 1.29 is 4.52 Å². The second kappa shape index (κ2) is 2.22. The van der Waals surface area contributed by atoms with E-state index in [9.17, 15) is 0 Å². The number of rotatable bonds is 1. The maximum absolute atomic E-state index is 4.60. The molecule has 0 aliphatic heterocycles. The van der Waals surface area contributed by atoms with Crippen LogP contribution in [0, 0.1) is 6.20 Å². The number of thiazole rings is 1. The molecule has 0 N–H and O–H groups in total. The highest BCUT2D eigenvalue weighted by Gasteiger charge is 2.01. The molecule has 0 amide bonds. The van der Waals surface area contributed by atoms with Crippen molar-refractivity contribution in [1.82, 2.24) is 10.1 Å². The molecule has 2 rings (SSSR count). The normalized spacial score (nSPS) is 10.0. The summed E-state index contributed by atoms with van der Waals surface area (Å²) in [5.41, 5.74) is 0.815. The van der Waals surface area contributed by atoms with Crippen LogP contribution in [0.1, 0.15) is 0 Å². The fraction of sp³-hybridized carbons (Fsp3) is 0. The van der Waals surface area contributed by atoms with E-state index in [1.165, 1.54) is 17.6 Å². The number of aromatic nitrogens is 2. The maximum Gasteiger partial charge on any atom is 0.146 e. The van der Waals surface area contributed by atoms with E-state index in [1.807, 2.05) is 5.38 Å². The molecule has 10 heavy (non-hydrogen) atoms. The molecule has 0 spiro atoms. The van der Waals surface area contributed by atoms with E-state index in [2.05, 4.69) is 20.9 Å². The zero-order valence-corrected chi connectivity index (χ0v) is 5.76. The smallest absolute Gasteiger partial charge is 0.146 e. The summed E-state index contributed by atoms with van der Waals surface area (Å²) in [4.78, 5) is 4.05. The Kier molecular flexibility index (Phi) is 1.25. The van der Waals surface area contributed by atoms with E-state index < -0.39 is 0 Å². The topological polar surface area (TPSA) is 38.9 Å². The molecule has 0 aliphatic rings. The van der Waals surface area contributed by atoms with E-state index in [4.69, 9.17) is 0 Å². The Hall–Kier alpha value is -1.16. The van der Waals surface area contributed by atoms with Gasteiger partial charge in [-0.05, 0) is 0 Å². The Morgan fingerprint density at radius 1 is 1.60 bits per heavy atom. The van der Waals surface area contributed by atoms with Gasteiger partial charge in [0.25, 0.3) is 0 Å². The molecule has 2 aromatic rings. The number of hydrogen-bond acceptors (Lipinski definition) is 4. The molecule has 0 saturated heterocycles. The fourth-order valence-corrected chi connectivity index (χ4v) is 1.23. The third-order valence-corrected chi connectivity index (χ3v) is 1.86. The first-order chi connectivity index (χ1) is 4.97. The molecule has 0 bridgehead atoms. The van der Waals surface area contributed by atoms with E-state index in [0.717, 1.165) is 10.6 Å². The molecular formula is C6H3N2OS. The molecule has 1 radical (unpaired) electrons. The third-order valence-electron chi connectivity index (χ3n) is 1.05. The van der Waals surface area contributed by atoms with Crippen LogP contribution in [-0.4, -0.2) is 10.1 Å². The predicted molar refractivity (Wildman–Crippen MR) is 36.4 cm³/mol. The monoisotopic (exact) mass is 151 g/mol. The van der Waals surface area contributed by atoms with Gasteiger partial charge in [0.05, 0.1) is 5.56 Å². The molecule has 0 aromatic carbocycles. The second-order valence-corrected chi connectivity index (χ2v) is 2.57. The maximum atomic E-state index is 4.60. The lowest BCUT2D eigenvalue weighted by Gasteiger charge is -1.79. The third kappa shape index (κ3) is 0.823. The van der Waals surface area contributed by atoms with Gasteiger partial charge in [-0.1, -0.05) is 5.16 Å². The van der Waals surface area contributed by atoms with Crippen molar-refractivity contribution in [3.8, 4) is 10.6 Å². The SMILES string of the molecule is [c]1nocc1-c1nccs1. The van der Waals surface area contributed by atoms with Crippen molar-refractivity contribution in [2.75, 3.05) is 0 Å². The summed E-state index contributed by atoms with van der Waals surface area (Å²) in [6.07, 6.45) is 5.93. The highest BCUT2D eigenvalue weighted by atomic mass is 32.1. The zero-order valence-electron chi connectivity index (χ0n) is 4.94. The average molecular weight is 151 g/mol. The highest BCUT2D eigenvalue weighted by molar-refractivity contribution is 7.13. The Labute approximate surface area is 61.3 Å². The van der Waals surface area contributed by atoms with Gasteiger partial charge in [0.15, 0.2) is 0 Å². The lowest BCUT2D eigenvalue weighted by molar-refractivity contribution is 0.418. The van der Waals surface area contributed by atoms with Crippen LogP contribution < -0.4 is 0 Å². The highest BCUT2D eigenvalue weighted by Crippen LogP contribution is 2.19. The summed E-state index contributed by atoms with van der Waals surface area (Å²) >= 11 is 1.54. The molecule has 4 heteroatoms. The summed E-state index contributed by atoms with van der Waals surface area (Å²) in [5, 5.41) is 6.23. The van der Waals surface area contributed by atoms with Crippen molar-refractivity contribution >= 4 is 11.3 Å². The van der Waals surface area contributed by atoms with E-state index in [-0.39, 0.29) is 0 Å². The van der Waals surface area contributed by atoms with E-state index in [1.54, 1.807) is 6.20 Å². The summed E-state index contributed by atoms with van der Waals surface area (Å²) < 4.78 is 4.60.